The zero-order valence-corrected chi connectivity index (χ0v) is 10.0. The lowest BCUT2D eigenvalue weighted by atomic mass is 10.0. The van der Waals surface area contributed by atoms with Gasteiger partial charge in [0.25, 0.3) is 0 Å². The van der Waals surface area contributed by atoms with E-state index in [2.05, 4.69) is 0 Å². The third-order valence-corrected chi connectivity index (χ3v) is 2.94. The number of rotatable bonds is 4. The molecule has 0 amide bonds. The van der Waals surface area contributed by atoms with Crippen LogP contribution in [0.5, 0.6) is 0 Å². The van der Waals surface area contributed by atoms with Gasteiger partial charge in [0.2, 0.25) is 0 Å². The SMILES string of the molecule is OCCCC1(c2cc(F)cc(Cl)c2)OCCO1. The predicted molar refractivity (Wildman–Crippen MR) is 61.3 cm³/mol. The van der Waals surface area contributed by atoms with E-state index in [4.69, 9.17) is 26.2 Å². The molecule has 1 aromatic rings. The van der Waals surface area contributed by atoms with Crippen LogP contribution in [0.4, 0.5) is 4.39 Å². The van der Waals surface area contributed by atoms with E-state index in [9.17, 15) is 4.39 Å². The number of hydrogen-bond acceptors (Lipinski definition) is 3. The van der Waals surface area contributed by atoms with E-state index in [1.54, 1.807) is 6.07 Å². The summed E-state index contributed by atoms with van der Waals surface area (Å²) < 4.78 is 24.5. The summed E-state index contributed by atoms with van der Waals surface area (Å²) in [6.07, 6.45) is 0.997. The third-order valence-electron chi connectivity index (χ3n) is 2.72. The van der Waals surface area contributed by atoms with Gasteiger partial charge in [-0.2, -0.15) is 0 Å². The number of ether oxygens (including phenoxy) is 2. The summed E-state index contributed by atoms with van der Waals surface area (Å²) in [6.45, 7) is 0.955. The van der Waals surface area contributed by atoms with Crippen LogP contribution in [0.1, 0.15) is 18.4 Å². The van der Waals surface area contributed by atoms with Gasteiger partial charge in [-0.3, -0.25) is 0 Å². The fraction of sp³-hybridized carbons (Fsp3) is 0.500. The van der Waals surface area contributed by atoms with E-state index in [0.29, 0.717) is 36.6 Å². The molecule has 1 aromatic carbocycles. The van der Waals surface area contributed by atoms with Crippen LogP contribution in [0.3, 0.4) is 0 Å². The van der Waals surface area contributed by atoms with Crippen LogP contribution in [-0.4, -0.2) is 24.9 Å². The van der Waals surface area contributed by atoms with Crippen molar-refractivity contribution in [3.05, 3.63) is 34.6 Å². The second kappa shape index (κ2) is 5.31. The van der Waals surface area contributed by atoms with Crippen LogP contribution in [-0.2, 0) is 15.3 Å². The van der Waals surface area contributed by atoms with Gasteiger partial charge in [0.15, 0.2) is 5.79 Å². The van der Waals surface area contributed by atoms with E-state index in [-0.39, 0.29) is 6.61 Å². The molecule has 1 heterocycles. The Bertz CT molecular complexity index is 371. The molecule has 5 heteroatoms. The Morgan fingerprint density at radius 1 is 1.29 bits per heavy atom. The molecule has 0 saturated carbocycles. The maximum absolute atomic E-state index is 13.3. The zero-order chi connectivity index (χ0) is 12.3. The van der Waals surface area contributed by atoms with Crippen molar-refractivity contribution in [2.45, 2.75) is 18.6 Å². The Balaban J connectivity index is 2.31. The summed E-state index contributed by atoms with van der Waals surface area (Å²) in [5.74, 6) is -1.39. The third kappa shape index (κ3) is 2.77. The number of hydrogen-bond donors (Lipinski definition) is 1. The first-order valence-corrected chi connectivity index (χ1v) is 5.89. The molecule has 1 saturated heterocycles. The quantitative estimate of drug-likeness (QED) is 0.904. The van der Waals surface area contributed by atoms with Gasteiger partial charge in [-0.25, -0.2) is 4.39 Å². The van der Waals surface area contributed by atoms with Gasteiger partial charge in [0, 0.05) is 23.6 Å². The molecule has 0 unspecified atom stereocenters. The van der Waals surface area contributed by atoms with Gasteiger partial charge in [-0.15, -0.1) is 0 Å². The van der Waals surface area contributed by atoms with E-state index >= 15 is 0 Å². The van der Waals surface area contributed by atoms with Crippen LogP contribution in [0.25, 0.3) is 0 Å². The standard InChI is InChI=1S/C12H14ClFO3/c13-10-6-9(7-11(14)8-10)12(2-1-3-15)16-4-5-17-12/h6-8,15H,1-5H2. The maximum atomic E-state index is 13.3. The molecule has 1 fully saturated rings. The smallest absolute Gasteiger partial charge is 0.195 e. The number of benzene rings is 1. The van der Waals surface area contributed by atoms with Gasteiger partial charge >= 0.3 is 0 Å². The minimum Gasteiger partial charge on any atom is -0.396 e. The van der Waals surface area contributed by atoms with Crippen molar-refractivity contribution in [3.8, 4) is 0 Å². The van der Waals surface area contributed by atoms with Crippen LogP contribution in [0, 0.1) is 5.82 Å². The van der Waals surface area contributed by atoms with Gasteiger partial charge in [-0.1, -0.05) is 11.6 Å². The Morgan fingerprint density at radius 3 is 2.59 bits per heavy atom. The molecular formula is C12H14ClFO3. The van der Waals surface area contributed by atoms with Gasteiger partial charge in [-0.05, 0) is 24.6 Å². The van der Waals surface area contributed by atoms with E-state index < -0.39 is 11.6 Å². The molecule has 94 valence electrons. The van der Waals surface area contributed by atoms with E-state index in [1.807, 2.05) is 0 Å². The highest BCUT2D eigenvalue weighted by Gasteiger charge is 2.38. The molecular weight excluding hydrogens is 247 g/mol. The van der Waals surface area contributed by atoms with Gasteiger partial charge < -0.3 is 14.6 Å². The normalized spacial score (nSPS) is 18.5. The van der Waals surface area contributed by atoms with Crippen molar-refractivity contribution < 1.29 is 19.0 Å². The summed E-state index contributed by atoms with van der Waals surface area (Å²) >= 11 is 5.82. The van der Waals surface area contributed by atoms with Crippen molar-refractivity contribution in [2.75, 3.05) is 19.8 Å². The molecule has 1 N–H and O–H groups in total. The van der Waals surface area contributed by atoms with Crippen molar-refractivity contribution in [2.24, 2.45) is 0 Å². The van der Waals surface area contributed by atoms with Gasteiger partial charge in [0.05, 0.1) is 13.2 Å². The molecule has 1 aliphatic heterocycles. The average Bonchev–Trinajstić information content (AvgIpc) is 2.75. The molecule has 0 bridgehead atoms. The van der Waals surface area contributed by atoms with Gasteiger partial charge in [0.1, 0.15) is 5.82 Å². The summed E-state index contributed by atoms with van der Waals surface area (Å²) in [5, 5.41) is 9.19. The Hall–Kier alpha value is -0.680. The topological polar surface area (TPSA) is 38.7 Å². The van der Waals surface area contributed by atoms with E-state index in [0.717, 1.165) is 0 Å². The highest BCUT2D eigenvalue weighted by Crippen LogP contribution is 2.37. The first-order chi connectivity index (χ1) is 8.16. The zero-order valence-electron chi connectivity index (χ0n) is 9.29. The monoisotopic (exact) mass is 260 g/mol. The second-order valence-corrected chi connectivity index (χ2v) is 4.37. The first-order valence-electron chi connectivity index (χ1n) is 5.52. The molecule has 0 spiro atoms. The highest BCUT2D eigenvalue weighted by atomic mass is 35.5. The van der Waals surface area contributed by atoms with Crippen molar-refractivity contribution in [1.29, 1.82) is 0 Å². The largest absolute Gasteiger partial charge is 0.396 e. The minimum absolute atomic E-state index is 0.0392. The molecule has 1 aliphatic rings. The van der Waals surface area contributed by atoms with Crippen LogP contribution >= 0.6 is 11.6 Å². The first kappa shape index (κ1) is 12.8. The van der Waals surface area contributed by atoms with Crippen LogP contribution in [0.2, 0.25) is 5.02 Å². The molecule has 17 heavy (non-hydrogen) atoms. The lowest BCUT2D eigenvalue weighted by Crippen LogP contribution is -2.27. The maximum Gasteiger partial charge on any atom is 0.195 e. The summed E-state index contributed by atoms with van der Waals surface area (Å²) in [4.78, 5) is 0. The van der Waals surface area contributed by atoms with E-state index in [1.165, 1.54) is 12.1 Å². The summed E-state index contributed by atoms with van der Waals surface area (Å²) in [6, 6.07) is 4.22. The highest BCUT2D eigenvalue weighted by molar-refractivity contribution is 6.30. The predicted octanol–water partition coefficient (Wildman–Crippen LogP) is 2.45. The Kier molecular flexibility index (Phi) is 3.99. The lowest BCUT2D eigenvalue weighted by Gasteiger charge is -2.27. The number of halogens is 2. The average molecular weight is 261 g/mol. The summed E-state index contributed by atoms with van der Waals surface area (Å²) in [7, 11) is 0. The molecule has 0 aliphatic carbocycles. The molecule has 0 atom stereocenters. The van der Waals surface area contributed by atoms with Crippen molar-refractivity contribution in [1.82, 2.24) is 0 Å². The molecule has 3 nitrogen and oxygen atoms in total. The van der Waals surface area contributed by atoms with Crippen molar-refractivity contribution >= 4 is 11.6 Å². The molecule has 2 rings (SSSR count). The second-order valence-electron chi connectivity index (χ2n) is 3.94. The van der Waals surface area contributed by atoms with Crippen LogP contribution in [0.15, 0.2) is 18.2 Å². The Morgan fingerprint density at radius 2 is 2.00 bits per heavy atom. The fourth-order valence-corrected chi connectivity index (χ4v) is 2.22. The Labute approximate surface area is 104 Å². The minimum atomic E-state index is -0.964. The fourth-order valence-electron chi connectivity index (χ4n) is 2.00. The van der Waals surface area contributed by atoms with Crippen LogP contribution < -0.4 is 0 Å². The summed E-state index contributed by atoms with van der Waals surface area (Å²) in [5.41, 5.74) is 0.563. The molecule has 0 radical (unpaired) electrons. The van der Waals surface area contributed by atoms with Crippen molar-refractivity contribution in [3.63, 3.8) is 0 Å². The number of aliphatic hydroxyl groups excluding tert-OH is 1. The lowest BCUT2D eigenvalue weighted by molar-refractivity contribution is -0.172. The number of aliphatic hydroxyl groups is 1. The molecule has 0 aromatic heterocycles.